The Kier molecular flexibility index (Phi) is 60.3. The van der Waals surface area contributed by atoms with Crippen LogP contribution >= 0.6 is 0 Å². The number of carbonyl (C=O) groups is 3. The lowest BCUT2D eigenvalue weighted by molar-refractivity contribution is -0.167. The van der Waals surface area contributed by atoms with Gasteiger partial charge in [0.2, 0.25) is 0 Å². The number of hydrogen-bond donors (Lipinski definition) is 0. The van der Waals surface area contributed by atoms with Crippen LogP contribution in [0, 0.1) is 0 Å². The molecular weight excluding hydrogens is 925 g/mol. The van der Waals surface area contributed by atoms with E-state index in [0.29, 0.717) is 19.3 Å². The fourth-order valence-corrected chi connectivity index (χ4v) is 9.12. The normalized spacial score (nSPS) is 12.6. The van der Waals surface area contributed by atoms with Crippen LogP contribution in [0.1, 0.15) is 316 Å². The Labute approximate surface area is 465 Å². The highest BCUT2D eigenvalue weighted by Gasteiger charge is 2.19. The molecule has 0 aliphatic rings. The summed E-state index contributed by atoms with van der Waals surface area (Å²) in [6.45, 7) is 6.40. The first kappa shape index (κ1) is 71.6. The van der Waals surface area contributed by atoms with E-state index < -0.39 is 6.10 Å². The van der Waals surface area contributed by atoms with Crippen LogP contribution in [0.25, 0.3) is 0 Å². The zero-order valence-corrected chi connectivity index (χ0v) is 49.6. The molecule has 0 heterocycles. The summed E-state index contributed by atoms with van der Waals surface area (Å²) >= 11 is 0. The molecule has 1 atom stereocenters. The SMILES string of the molecule is CC/C=C\C/C=C\C/C=C\CCCCCCCC(=O)OC(COC(=O)CCCCC/C=C\C/C=C\C/C=C\CC)COC(=O)CCCCCCCCCCCCCCCCCCC/C=C\CCCCCCCCCC. The lowest BCUT2D eigenvalue weighted by atomic mass is 10.0. The van der Waals surface area contributed by atoms with E-state index in [1.165, 1.54) is 154 Å². The highest BCUT2D eigenvalue weighted by atomic mass is 16.6. The molecule has 0 radical (unpaired) electrons. The Bertz CT molecular complexity index is 1430. The van der Waals surface area contributed by atoms with Crippen LogP contribution in [0.15, 0.2) is 85.1 Å². The van der Waals surface area contributed by atoms with E-state index in [1.54, 1.807) is 0 Å². The monoisotopic (exact) mass is 1040 g/mol. The van der Waals surface area contributed by atoms with E-state index in [9.17, 15) is 14.4 Å². The fourth-order valence-electron chi connectivity index (χ4n) is 9.12. The van der Waals surface area contributed by atoms with Gasteiger partial charge in [-0.2, -0.15) is 0 Å². The third-order valence-electron chi connectivity index (χ3n) is 13.9. The lowest BCUT2D eigenvalue weighted by Gasteiger charge is -2.18. The van der Waals surface area contributed by atoms with Gasteiger partial charge in [0, 0.05) is 19.3 Å². The van der Waals surface area contributed by atoms with Gasteiger partial charge in [0.15, 0.2) is 6.10 Å². The van der Waals surface area contributed by atoms with E-state index in [4.69, 9.17) is 14.2 Å². The second-order valence-corrected chi connectivity index (χ2v) is 21.3. The van der Waals surface area contributed by atoms with Gasteiger partial charge in [-0.05, 0) is 109 Å². The molecule has 0 aromatic rings. The van der Waals surface area contributed by atoms with Crippen molar-refractivity contribution >= 4 is 17.9 Å². The fraction of sp³-hybridized carbons (Fsp3) is 0.754. The number of rotatable bonds is 58. The largest absolute Gasteiger partial charge is 0.462 e. The predicted molar refractivity (Wildman–Crippen MR) is 325 cm³/mol. The molecule has 0 amide bonds. The number of unbranched alkanes of at least 4 members (excludes halogenated alkanes) is 33. The lowest BCUT2D eigenvalue weighted by Crippen LogP contribution is -2.30. The van der Waals surface area contributed by atoms with Crippen molar-refractivity contribution in [2.75, 3.05) is 13.2 Å². The van der Waals surface area contributed by atoms with Crippen LogP contribution in [0.3, 0.4) is 0 Å². The molecule has 0 aromatic carbocycles. The topological polar surface area (TPSA) is 78.9 Å². The first-order valence-corrected chi connectivity index (χ1v) is 32.1. The first-order valence-electron chi connectivity index (χ1n) is 32.1. The average molecular weight is 1050 g/mol. The summed E-state index contributed by atoms with van der Waals surface area (Å²) in [6.07, 6.45) is 83.3. The van der Waals surface area contributed by atoms with Crippen molar-refractivity contribution < 1.29 is 28.6 Å². The Morgan fingerprint density at radius 2 is 0.520 bits per heavy atom. The summed E-state index contributed by atoms with van der Waals surface area (Å²) in [4.78, 5) is 38.2. The third-order valence-corrected chi connectivity index (χ3v) is 13.9. The Hall–Kier alpha value is -3.41. The number of ether oxygens (including phenoxy) is 3. The van der Waals surface area contributed by atoms with Gasteiger partial charge in [-0.15, -0.1) is 0 Å². The quantitative estimate of drug-likeness (QED) is 0.0261. The van der Waals surface area contributed by atoms with Crippen molar-refractivity contribution in [3.8, 4) is 0 Å². The molecule has 0 spiro atoms. The summed E-state index contributed by atoms with van der Waals surface area (Å²) < 4.78 is 16.9. The van der Waals surface area contributed by atoms with Crippen molar-refractivity contribution in [3.05, 3.63) is 85.1 Å². The highest BCUT2D eigenvalue weighted by molar-refractivity contribution is 5.71. The van der Waals surface area contributed by atoms with Crippen LogP contribution in [-0.2, 0) is 28.6 Å². The van der Waals surface area contributed by atoms with Gasteiger partial charge in [0.1, 0.15) is 13.2 Å². The van der Waals surface area contributed by atoms with Gasteiger partial charge < -0.3 is 14.2 Å². The Morgan fingerprint density at radius 3 is 0.840 bits per heavy atom. The van der Waals surface area contributed by atoms with Gasteiger partial charge in [0.05, 0.1) is 0 Å². The van der Waals surface area contributed by atoms with Crippen molar-refractivity contribution in [1.29, 1.82) is 0 Å². The van der Waals surface area contributed by atoms with Crippen LogP contribution < -0.4 is 0 Å². The molecule has 0 fully saturated rings. The van der Waals surface area contributed by atoms with Crippen molar-refractivity contribution in [3.63, 3.8) is 0 Å². The second kappa shape index (κ2) is 63.1. The molecule has 0 saturated carbocycles. The maximum atomic E-state index is 12.9. The van der Waals surface area contributed by atoms with Crippen molar-refractivity contribution in [2.45, 2.75) is 322 Å². The zero-order chi connectivity index (χ0) is 54.3. The summed E-state index contributed by atoms with van der Waals surface area (Å²) in [6, 6.07) is 0. The van der Waals surface area contributed by atoms with Gasteiger partial charge in [0.25, 0.3) is 0 Å². The van der Waals surface area contributed by atoms with Crippen LogP contribution in [0.4, 0.5) is 0 Å². The molecule has 0 saturated heterocycles. The minimum atomic E-state index is -0.798. The van der Waals surface area contributed by atoms with E-state index in [-0.39, 0.29) is 31.1 Å². The first-order chi connectivity index (χ1) is 37.0. The molecule has 0 bridgehead atoms. The second-order valence-electron chi connectivity index (χ2n) is 21.3. The summed E-state index contributed by atoms with van der Waals surface area (Å²) in [5, 5.41) is 0. The molecule has 0 aromatic heterocycles. The summed E-state index contributed by atoms with van der Waals surface area (Å²) in [7, 11) is 0. The summed E-state index contributed by atoms with van der Waals surface area (Å²) in [5.74, 6) is -0.930. The molecule has 1 unspecified atom stereocenters. The molecule has 6 heteroatoms. The van der Waals surface area contributed by atoms with Crippen LogP contribution in [0.5, 0.6) is 0 Å². The third kappa shape index (κ3) is 61.3. The molecule has 0 rings (SSSR count). The van der Waals surface area contributed by atoms with Crippen LogP contribution in [-0.4, -0.2) is 37.2 Å². The standard InChI is InChI=1S/C69H120O6/c1-4-7-10-13-16-19-22-25-27-28-29-30-31-32-33-34-35-36-37-38-39-40-42-44-47-50-53-56-59-62-68(71)74-65-66(64-73-67(70)61-58-55-52-49-46-43-24-21-18-15-12-9-6-3)75-69(72)63-60-57-54-51-48-45-41-26-23-20-17-14-11-8-5-2/h8-9,11-12,17-18,20-21,26,28-29,41,43,46,66H,4-7,10,13-16,19,22-25,27,30-40,42,44-45,47-65H2,1-3H3/b11-8-,12-9-,20-17-,21-18-,29-28-,41-26-,46-43-. The van der Waals surface area contributed by atoms with Gasteiger partial charge in [-0.1, -0.05) is 273 Å². The molecule has 0 aliphatic carbocycles. The molecule has 75 heavy (non-hydrogen) atoms. The minimum absolute atomic E-state index is 0.0915. The minimum Gasteiger partial charge on any atom is -0.462 e. The van der Waals surface area contributed by atoms with Crippen molar-refractivity contribution in [2.24, 2.45) is 0 Å². The Balaban J connectivity index is 4.21. The highest BCUT2D eigenvalue weighted by Crippen LogP contribution is 2.17. The smallest absolute Gasteiger partial charge is 0.306 e. The van der Waals surface area contributed by atoms with Gasteiger partial charge in [-0.25, -0.2) is 0 Å². The van der Waals surface area contributed by atoms with Gasteiger partial charge in [-0.3, -0.25) is 14.4 Å². The Morgan fingerprint density at radius 1 is 0.280 bits per heavy atom. The van der Waals surface area contributed by atoms with E-state index in [2.05, 4.69) is 106 Å². The van der Waals surface area contributed by atoms with E-state index in [0.717, 1.165) is 122 Å². The number of esters is 3. The maximum Gasteiger partial charge on any atom is 0.306 e. The van der Waals surface area contributed by atoms with Crippen LogP contribution in [0.2, 0.25) is 0 Å². The molecule has 6 nitrogen and oxygen atoms in total. The van der Waals surface area contributed by atoms with Crippen molar-refractivity contribution in [1.82, 2.24) is 0 Å². The van der Waals surface area contributed by atoms with E-state index in [1.807, 2.05) is 0 Å². The molecule has 0 N–H and O–H groups in total. The molecule has 432 valence electrons. The van der Waals surface area contributed by atoms with Gasteiger partial charge >= 0.3 is 17.9 Å². The van der Waals surface area contributed by atoms with E-state index >= 15 is 0 Å². The predicted octanol–water partition coefficient (Wildman–Crippen LogP) is 21.9. The number of hydrogen-bond acceptors (Lipinski definition) is 6. The average Bonchev–Trinajstić information content (AvgIpc) is 3.41. The number of carbonyl (C=O) groups excluding carboxylic acids is 3. The zero-order valence-electron chi connectivity index (χ0n) is 49.6. The number of allylic oxidation sites excluding steroid dienone is 14. The molecular formula is C69H120O6. The maximum absolute atomic E-state index is 12.9. The molecule has 0 aliphatic heterocycles. The summed E-state index contributed by atoms with van der Waals surface area (Å²) in [5.41, 5.74) is 0.